The molecule has 1 saturated heterocycles. The Bertz CT molecular complexity index is 460. The van der Waals surface area contributed by atoms with Gasteiger partial charge in [-0.25, -0.2) is 4.79 Å². The molecule has 20 heavy (non-hydrogen) atoms. The van der Waals surface area contributed by atoms with Crippen molar-refractivity contribution in [2.24, 2.45) is 5.92 Å². The minimum absolute atomic E-state index is 0.276. The maximum Gasteiger partial charge on any atom is 0.337 e. The van der Waals surface area contributed by atoms with Crippen LogP contribution in [0.3, 0.4) is 0 Å². The third-order valence-corrected chi connectivity index (χ3v) is 3.69. The molecule has 1 aromatic rings. The smallest absolute Gasteiger partial charge is 0.337 e. The van der Waals surface area contributed by atoms with Gasteiger partial charge in [0.25, 0.3) is 0 Å². The molecule has 0 saturated carbocycles. The number of nitrogens with one attached hydrogen (secondary N) is 1. The molecule has 0 unspecified atom stereocenters. The number of carbonyl (C=O) groups excluding carboxylic acids is 1. The summed E-state index contributed by atoms with van der Waals surface area (Å²) in [7, 11) is 1.42. The predicted octanol–water partition coefficient (Wildman–Crippen LogP) is 2.30. The van der Waals surface area contributed by atoms with E-state index in [9.17, 15) is 4.79 Å². The van der Waals surface area contributed by atoms with E-state index in [0.29, 0.717) is 17.5 Å². The molecular formula is C16H24N2O2. The number of anilines is 1. The lowest BCUT2D eigenvalue weighted by molar-refractivity contribution is 0.0600. The molecule has 0 aliphatic carbocycles. The lowest BCUT2D eigenvalue weighted by atomic mass is 10.00. The Morgan fingerprint density at radius 3 is 3.00 bits per heavy atom. The second kappa shape index (κ2) is 6.75. The number of nitrogens with zero attached hydrogens (tertiary/aromatic N) is 1. The van der Waals surface area contributed by atoms with Gasteiger partial charge in [0, 0.05) is 31.4 Å². The largest absolute Gasteiger partial charge is 0.465 e. The highest BCUT2D eigenvalue weighted by Gasteiger charge is 2.23. The molecule has 1 aromatic carbocycles. The molecule has 1 atom stereocenters. The van der Waals surface area contributed by atoms with Crippen molar-refractivity contribution in [1.29, 1.82) is 0 Å². The van der Waals surface area contributed by atoms with Crippen LogP contribution < -0.4 is 10.2 Å². The molecule has 0 radical (unpaired) electrons. The molecule has 0 bridgehead atoms. The van der Waals surface area contributed by atoms with Gasteiger partial charge in [-0.05, 0) is 30.5 Å². The Morgan fingerprint density at radius 2 is 2.30 bits per heavy atom. The number of carbonyl (C=O) groups is 1. The van der Waals surface area contributed by atoms with Gasteiger partial charge < -0.3 is 15.0 Å². The fraction of sp³-hybridized carbons (Fsp3) is 0.562. The van der Waals surface area contributed by atoms with Crippen molar-refractivity contribution in [2.75, 3.05) is 31.6 Å². The minimum atomic E-state index is -0.276. The number of esters is 1. The zero-order chi connectivity index (χ0) is 14.5. The normalized spacial score (nSPS) is 19.2. The summed E-state index contributed by atoms with van der Waals surface area (Å²) in [5, 5.41) is 3.46. The standard InChI is InChI=1S/C16H24N2O2/c1-12(2)9-15-11-17-7-8-18(15)14-6-4-5-13(10-14)16(19)20-3/h4-6,10,12,15,17H,7-9,11H2,1-3H3/t15-/m1/s1. The van der Waals surface area contributed by atoms with E-state index in [2.05, 4.69) is 30.1 Å². The van der Waals surface area contributed by atoms with Gasteiger partial charge in [0.05, 0.1) is 12.7 Å². The van der Waals surface area contributed by atoms with E-state index in [1.807, 2.05) is 12.1 Å². The fourth-order valence-corrected chi connectivity index (χ4v) is 2.78. The number of ether oxygens (including phenoxy) is 1. The van der Waals surface area contributed by atoms with Gasteiger partial charge in [0.1, 0.15) is 0 Å². The zero-order valence-corrected chi connectivity index (χ0v) is 12.6. The van der Waals surface area contributed by atoms with Crippen LogP contribution in [0.2, 0.25) is 0 Å². The molecule has 1 aliphatic rings. The van der Waals surface area contributed by atoms with E-state index < -0.39 is 0 Å². The van der Waals surface area contributed by atoms with Crippen LogP contribution in [0.15, 0.2) is 24.3 Å². The summed E-state index contributed by atoms with van der Waals surface area (Å²) in [5.74, 6) is 0.383. The number of hydrogen-bond donors (Lipinski definition) is 1. The molecule has 4 heteroatoms. The van der Waals surface area contributed by atoms with Crippen molar-refractivity contribution in [3.63, 3.8) is 0 Å². The van der Waals surface area contributed by atoms with Crippen molar-refractivity contribution in [1.82, 2.24) is 5.32 Å². The summed E-state index contributed by atoms with van der Waals surface area (Å²) in [6.45, 7) is 7.45. The highest BCUT2D eigenvalue weighted by atomic mass is 16.5. The van der Waals surface area contributed by atoms with Gasteiger partial charge in [-0.2, -0.15) is 0 Å². The lowest BCUT2D eigenvalue weighted by Crippen LogP contribution is -2.52. The van der Waals surface area contributed by atoms with Crippen molar-refractivity contribution in [3.05, 3.63) is 29.8 Å². The molecule has 1 N–H and O–H groups in total. The van der Waals surface area contributed by atoms with Gasteiger partial charge in [0.15, 0.2) is 0 Å². The molecule has 0 spiro atoms. The van der Waals surface area contributed by atoms with Crippen molar-refractivity contribution < 1.29 is 9.53 Å². The zero-order valence-electron chi connectivity index (χ0n) is 12.6. The average Bonchev–Trinajstić information content (AvgIpc) is 2.46. The second-order valence-electron chi connectivity index (χ2n) is 5.72. The van der Waals surface area contributed by atoms with Crippen molar-refractivity contribution in [2.45, 2.75) is 26.3 Å². The van der Waals surface area contributed by atoms with E-state index in [1.165, 1.54) is 7.11 Å². The molecule has 110 valence electrons. The Labute approximate surface area is 121 Å². The van der Waals surface area contributed by atoms with E-state index in [1.54, 1.807) is 6.07 Å². The molecule has 1 aliphatic heterocycles. The van der Waals surface area contributed by atoms with Gasteiger partial charge in [-0.3, -0.25) is 0 Å². The van der Waals surface area contributed by atoms with Gasteiger partial charge >= 0.3 is 5.97 Å². The lowest BCUT2D eigenvalue weighted by Gasteiger charge is -2.39. The van der Waals surface area contributed by atoms with Crippen LogP contribution in [-0.2, 0) is 4.74 Å². The molecule has 0 amide bonds. The van der Waals surface area contributed by atoms with E-state index in [4.69, 9.17) is 4.74 Å². The number of benzene rings is 1. The van der Waals surface area contributed by atoms with E-state index in [-0.39, 0.29) is 5.97 Å². The first kappa shape index (κ1) is 14.9. The van der Waals surface area contributed by atoms with Crippen LogP contribution in [-0.4, -0.2) is 38.8 Å². The van der Waals surface area contributed by atoms with Crippen LogP contribution in [0.1, 0.15) is 30.6 Å². The van der Waals surface area contributed by atoms with Gasteiger partial charge in [0.2, 0.25) is 0 Å². The van der Waals surface area contributed by atoms with Crippen LogP contribution >= 0.6 is 0 Å². The first-order valence-corrected chi connectivity index (χ1v) is 7.27. The summed E-state index contributed by atoms with van der Waals surface area (Å²) in [5.41, 5.74) is 1.73. The predicted molar refractivity (Wildman–Crippen MR) is 81.2 cm³/mol. The summed E-state index contributed by atoms with van der Waals surface area (Å²) >= 11 is 0. The number of methoxy groups -OCH3 is 1. The first-order valence-electron chi connectivity index (χ1n) is 7.27. The van der Waals surface area contributed by atoms with Gasteiger partial charge in [-0.1, -0.05) is 19.9 Å². The quantitative estimate of drug-likeness (QED) is 0.857. The fourth-order valence-electron chi connectivity index (χ4n) is 2.78. The number of rotatable bonds is 4. The number of piperazine rings is 1. The topological polar surface area (TPSA) is 41.6 Å². The van der Waals surface area contributed by atoms with E-state index >= 15 is 0 Å². The maximum absolute atomic E-state index is 11.7. The number of hydrogen-bond acceptors (Lipinski definition) is 4. The third-order valence-electron chi connectivity index (χ3n) is 3.69. The third kappa shape index (κ3) is 3.51. The van der Waals surface area contributed by atoms with Crippen LogP contribution in [0.4, 0.5) is 5.69 Å². The summed E-state index contributed by atoms with van der Waals surface area (Å²) in [4.78, 5) is 14.1. The molecule has 4 nitrogen and oxygen atoms in total. The summed E-state index contributed by atoms with van der Waals surface area (Å²) < 4.78 is 4.80. The highest BCUT2D eigenvalue weighted by Crippen LogP contribution is 2.23. The second-order valence-corrected chi connectivity index (χ2v) is 5.72. The Hall–Kier alpha value is -1.55. The Kier molecular flexibility index (Phi) is 5.01. The summed E-state index contributed by atoms with van der Waals surface area (Å²) in [6, 6.07) is 8.22. The Morgan fingerprint density at radius 1 is 1.50 bits per heavy atom. The van der Waals surface area contributed by atoms with Crippen LogP contribution in [0.25, 0.3) is 0 Å². The van der Waals surface area contributed by atoms with E-state index in [0.717, 1.165) is 31.7 Å². The molecule has 2 rings (SSSR count). The Balaban J connectivity index is 2.21. The minimum Gasteiger partial charge on any atom is -0.465 e. The SMILES string of the molecule is COC(=O)c1cccc(N2CCNC[C@H]2CC(C)C)c1. The van der Waals surface area contributed by atoms with Crippen molar-refractivity contribution in [3.8, 4) is 0 Å². The highest BCUT2D eigenvalue weighted by molar-refractivity contribution is 5.90. The van der Waals surface area contributed by atoms with Crippen molar-refractivity contribution >= 4 is 11.7 Å². The molecular weight excluding hydrogens is 252 g/mol. The summed E-state index contributed by atoms with van der Waals surface area (Å²) in [6.07, 6.45) is 1.15. The monoisotopic (exact) mass is 276 g/mol. The van der Waals surface area contributed by atoms with Gasteiger partial charge in [-0.15, -0.1) is 0 Å². The molecule has 1 fully saturated rings. The molecule has 0 aromatic heterocycles. The average molecular weight is 276 g/mol. The van der Waals surface area contributed by atoms with Crippen LogP contribution in [0.5, 0.6) is 0 Å². The first-order chi connectivity index (χ1) is 9.61. The molecule has 1 heterocycles. The van der Waals surface area contributed by atoms with Crippen LogP contribution in [0, 0.1) is 5.92 Å². The maximum atomic E-state index is 11.7.